The summed E-state index contributed by atoms with van der Waals surface area (Å²) in [5.74, 6) is 0. The second kappa shape index (κ2) is 8.11. The Morgan fingerprint density at radius 2 is 2.12 bits per heavy atom. The van der Waals surface area contributed by atoms with E-state index in [-0.39, 0.29) is 36.2 Å². The zero-order valence-electron chi connectivity index (χ0n) is 5.48. The monoisotopic (exact) mass is 144 g/mol. The normalized spacial score (nSPS) is 12.4. The summed E-state index contributed by atoms with van der Waals surface area (Å²) in [4.78, 5) is 10.3. The summed E-state index contributed by atoms with van der Waals surface area (Å²) in [7, 11) is -1.68. The maximum absolute atomic E-state index is 11.2. The summed E-state index contributed by atoms with van der Waals surface area (Å²) >= 11 is 0. The molecule has 44 valence electrons. The fourth-order valence-corrected chi connectivity index (χ4v) is 1.09. The van der Waals surface area contributed by atoms with E-state index < -0.39 is 9.04 Å². The van der Waals surface area contributed by atoms with Gasteiger partial charge in [-0.15, -0.1) is 0 Å². The minimum Gasteiger partial charge on any atom is -0.861 e. The van der Waals surface area contributed by atoms with Gasteiger partial charge in [-0.3, -0.25) is 4.39 Å². The molecular weight excluding hydrogens is 134 g/mol. The van der Waals surface area contributed by atoms with Gasteiger partial charge >= 0.3 is 29.6 Å². The smallest absolute Gasteiger partial charge is 0.861 e. The molecule has 0 bridgehead atoms. The molecule has 4 heteroatoms. The molecule has 0 aromatic rings. The average molecular weight is 144 g/mol. The van der Waals surface area contributed by atoms with Crippen molar-refractivity contribution in [2.24, 2.45) is 0 Å². The number of hydrogen-bond donors (Lipinski definition) is 0. The van der Waals surface area contributed by atoms with Crippen LogP contribution in [0.15, 0.2) is 0 Å². The van der Waals surface area contributed by atoms with Crippen LogP contribution in [-0.2, 0) is 0 Å². The summed E-state index contributed by atoms with van der Waals surface area (Å²) in [5, 5.41) is 0. The Balaban J connectivity index is 0. The zero-order valence-corrected chi connectivity index (χ0v) is 8.64. The largest absolute Gasteiger partial charge is 1.00 e. The molecular formula is C4H10FNaOSi. The van der Waals surface area contributed by atoms with Crippen molar-refractivity contribution in [1.82, 2.24) is 0 Å². The van der Waals surface area contributed by atoms with Gasteiger partial charge in [0.2, 0.25) is 0 Å². The van der Waals surface area contributed by atoms with E-state index in [1.807, 2.05) is 0 Å². The van der Waals surface area contributed by atoms with E-state index in [4.69, 9.17) is 0 Å². The van der Waals surface area contributed by atoms with Crippen LogP contribution in [0.1, 0.15) is 6.42 Å². The molecule has 1 atom stereocenters. The molecule has 0 radical (unpaired) electrons. The van der Waals surface area contributed by atoms with Crippen molar-refractivity contribution in [2.75, 3.05) is 6.67 Å². The first kappa shape index (κ1) is 11.9. The molecule has 1 unspecified atom stereocenters. The Morgan fingerprint density at radius 3 is 2.25 bits per heavy atom. The summed E-state index contributed by atoms with van der Waals surface area (Å²) in [6, 6.07) is 0.608. The van der Waals surface area contributed by atoms with Gasteiger partial charge in [-0.25, -0.2) is 0 Å². The van der Waals surface area contributed by atoms with Crippen molar-refractivity contribution in [3.63, 3.8) is 0 Å². The molecule has 1 nitrogen and oxygen atoms in total. The van der Waals surface area contributed by atoms with Gasteiger partial charge in [0.05, 0.1) is 6.67 Å². The molecule has 0 heterocycles. The van der Waals surface area contributed by atoms with Crippen molar-refractivity contribution in [3.8, 4) is 0 Å². The molecule has 0 N–H and O–H groups in total. The molecule has 0 spiro atoms. The fourth-order valence-electron chi connectivity index (χ4n) is 0.365. The first-order chi connectivity index (χ1) is 3.27. The van der Waals surface area contributed by atoms with Gasteiger partial charge in [0.25, 0.3) is 0 Å². The van der Waals surface area contributed by atoms with Crippen LogP contribution in [0.3, 0.4) is 0 Å². The summed E-state index contributed by atoms with van der Waals surface area (Å²) in [5.41, 5.74) is 0. The third-order valence-corrected chi connectivity index (χ3v) is 1.97. The Hall–Kier alpha value is 1.11. The Bertz CT molecular complexity index is 45.0. The molecule has 0 rings (SSSR count). The van der Waals surface area contributed by atoms with Crippen molar-refractivity contribution >= 4 is 9.04 Å². The van der Waals surface area contributed by atoms with Gasteiger partial charge < -0.3 is 4.80 Å². The number of rotatable bonds is 3. The molecule has 0 amide bonds. The van der Waals surface area contributed by atoms with Crippen LogP contribution in [0.25, 0.3) is 0 Å². The average Bonchev–Trinajstić information content (AvgIpc) is 1.61. The van der Waals surface area contributed by atoms with Crippen molar-refractivity contribution < 1.29 is 38.7 Å². The van der Waals surface area contributed by atoms with E-state index in [2.05, 4.69) is 0 Å². The van der Waals surface area contributed by atoms with Crippen LogP contribution in [0.4, 0.5) is 4.39 Å². The molecule has 0 aliphatic carbocycles. The maximum atomic E-state index is 11.2. The van der Waals surface area contributed by atoms with E-state index in [0.29, 0.717) is 12.5 Å². The Morgan fingerprint density at radius 1 is 1.62 bits per heavy atom. The first-order valence-electron chi connectivity index (χ1n) is 2.49. The zero-order chi connectivity index (χ0) is 5.70. The number of hydrogen-bond acceptors (Lipinski definition) is 1. The second-order valence-corrected chi connectivity index (χ2v) is 3.84. The van der Waals surface area contributed by atoms with Crippen LogP contribution >= 0.6 is 0 Å². The SMILES string of the molecule is C[SiH]([O-])CCCF.[Na+]. The summed E-state index contributed by atoms with van der Waals surface area (Å²) in [6.45, 7) is 1.37. The molecule has 0 aliphatic heterocycles. The van der Waals surface area contributed by atoms with Gasteiger partial charge in [0.1, 0.15) is 0 Å². The predicted molar refractivity (Wildman–Crippen MR) is 28.4 cm³/mol. The maximum Gasteiger partial charge on any atom is 1.00 e. The minimum absolute atomic E-state index is 0. The van der Waals surface area contributed by atoms with E-state index >= 15 is 0 Å². The van der Waals surface area contributed by atoms with Crippen LogP contribution in [0.5, 0.6) is 0 Å². The standard InChI is InChI=1S/C4H10FOSi.Na/c1-7(6)4-2-3-5;/h7H,2-4H2,1H3;/q-1;+1. The second-order valence-electron chi connectivity index (χ2n) is 1.64. The Labute approximate surface area is 73.3 Å². The van der Waals surface area contributed by atoms with Gasteiger partial charge in [0.15, 0.2) is 0 Å². The fraction of sp³-hybridized carbons (Fsp3) is 1.00. The van der Waals surface area contributed by atoms with Gasteiger partial charge in [-0.2, -0.15) is 0 Å². The van der Waals surface area contributed by atoms with Crippen molar-refractivity contribution in [2.45, 2.75) is 19.0 Å². The molecule has 8 heavy (non-hydrogen) atoms. The third kappa shape index (κ3) is 10.2. The number of alkyl halides is 1. The quantitative estimate of drug-likeness (QED) is 0.389. The van der Waals surface area contributed by atoms with E-state index in [1.54, 1.807) is 6.55 Å². The summed E-state index contributed by atoms with van der Waals surface area (Å²) < 4.78 is 11.2. The topological polar surface area (TPSA) is 23.1 Å². The minimum atomic E-state index is -1.68. The third-order valence-electron chi connectivity index (χ3n) is 0.744. The van der Waals surface area contributed by atoms with E-state index in [0.717, 1.165) is 0 Å². The van der Waals surface area contributed by atoms with E-state index in [9.17, 15) is 9.19 Å². The molecule has 0 saturated heterocycles. The van der Waals surface area contributed by atoms with Crippen molar-refractivity contribution in [1.29, 1.82) is 0 Å². The van der Waals surface area contributed by atoms with Gasteiger partial charge in [0, 0.05) is 0 Å². The number of halogens is 1. The van der Waals surface area contributed by atoms with Gasteiger partial charge in [-0.05, 0) is 6.42 Å². The van der Waals surface area contributed by atoms with Crippen LogP contribution in [-0.4, -0.2) is 15.7 Å². The van der Waals surface area contributed by atoms with Crippen LogP contribution < -0.4 is 34.4 Å². The van der Waals surface area contributed by atoms with Crippen LogP contribution in [0, 0.1) is 0 Å². The molecule has 0 fully saturated rings. The van der Waals surface area contributed by atoms with E-state index in [1.165, 1.54) is 0 Å². The molecule has 0 aliphatic rings. The molecule has 0 aromatic carbocycles. The predicted octanol–water partition coefficient (Wildman–Crippen LogP) is -2.94. The Kier molecular flexibility index (Phi) is 12.0. The van der Waals surface area contributed by atoms with Gasteiger partial charge in [-0.1, -0.05) is 21.6 Å². The molecule has 0 saturated carbocycles. The summed E-state index contributed by atoms with van der Waals surface area (Å²) in [6.07, 6.45) is 0.483. The van der Waals surface area contributed by atoms with Crippen LogP contribution in [0.2, 0.25) is 12.6 Å². The van der Waals surface area contributed by atoms with Crippen molar-refractivity contribution in [3.05, 3.63) is 0 Å². The molecule has 0 aromatic heterocycles. The first-order valence-corrected chi connectivity index (χ1v) is 4.93.